The van der Waals surface area contributed by atoms with Crippen molar-refractivity contribution in [2.24, 2.45) is 10.9 Å². The van der Waals surface area contributed by atoms with Gasteiger partial charge in [-0.3, -0.25) is 4.79 Å². The van der Waals surface area contributed by atoms with Crippen molar-refractivity contribution >= 4 is 27.6 Å². The van der Waals surface area contributed by atoms with E-state index >= 15 is 0 Å². The van der Waals surface area contributed by atoms with Gasteiger partial charge in [-0.05, 0) is 65.6 Å². The van der Waals surface area contributed by atoms with E-state index in [0.717, 1.165) is 0 Å². The van der Waals surface area contributed by atoms with Gasteiger partial charge in [-0.1, -0.05) is 18.2 Å². The van der Waals surface area contributed by atoms with E-state index in [1.807, 2.05) is 0 Å². The topological polar surface area (TPSA) is 167 Å². The number of hydrogen-bond donors (Lipinski definition) is 4. The van der Waals surface area contributed by atoms with Crippen LogP contribution in [0.3, 0.4) is 0 Å². The maximum Gasteiger partial charge on any atom is 0.335 e. The van der Waals surface area contributed by atoms with Gasteiger partial charge in [-0.2, -0.15) is 0 Å². The minimum absolute atomic E-state index is 0.0591. The molecule has 0 aliphatic carbocycles. The fourth-order valence-electron chi connectivity index (χ4n) is 3.20. The van der Waals surface area contributed by atoms with E-state index in [1.54, 1.807) is 25.1 Å². The summed E-state index contributed by atoms with van der Waals surface area (Å²) in [6.07, 6.45) is 0. The van der Waals surface area contributed by atoms with E-state index in [-0.39, 0.29) is 21.7 Å². The standard InChI is InChI=1S/C21H19N3O5S/c1-11-8-13(21(26)27)4-7-16(11)14-9-17(19(22)18(10-14)20(23)25)12-2-5-15(6-3-12)30(24,28)29/h2-10H,22H2,1H3,(H2,23,25)(H,26,27)(H2,24,28,29). The summed E-state index contributed by atoms with van der Waals surface area (Å²) in [5.41, 5.74) is 15.1. The average molecular weight is 425 g/mol. The third-order valence-corrected chi connectivity index (χ3v) is 5.65. The first kappa shape index (κ1) is 21.0. The highest BCUT2D eigenvalue weighted by Crippen LogP contribution is 2.35. The number of anilines is 1. The summed E-state index contributed by atoms with van der Waals surface area (Å²) in [6.45, 7) is 1.75. The molecule has 30 heavy (non-hydrogen) atoms. The highest BCUT2D eigenvalue weighted by Gasteiger charge is 2.17. The van der Waals surface area contributed by atoms with Gasteiger partial charge in [0.05, 0.1) is 21.7 Å². The highest BCUT2D eigenvalue weighted by atomic mass is 32.2. The number of carbonyl (C=O) groups is 2. The molecular formula is C21H19N3O5S. The largest absolute Gasteiger partial charge is 0.478 e. The van der Waals surface area contributed by atoms with Gasteiger partial charge >= 0.3 is 5.97 Å². The van der Waals surface area contributed by atoms with E-state index in [0.29, 0.717) is 27.8 Å². The van der Waals surface area contributed by atoms with Crippen LogP contribution < -0.4 is 16.6 Å². The summed E-state index contributed by atoms with van der Waals surface area (Å²) in [5, 5.41) is 14.3. The summed E-state index contributed by atoms with van der Waals surface area (Å²) in [7, 11) is -3.85. The van der Waals surface area contributed by atoms with Gasteiger partial charge in [0.15, 0.2) is 0 Å². The van der Waals surface area contributed by atoms with Crippen molar-refractivity contribution in [3.8, 4) is 22.3 Å². The zero-order chi connectivity index (χ0) is 22.2. The highest BCUT2D eigenvalue weighted by molar-refractivity contribution is 7.89. The number of carboxylic acids is 1. The Hall–Kier alpha value is -3.69. The summed E-state index contributed by atoms with van der Waals surface area (Å²) in [5.74, 6) is -1.77. The molecule has 0 unspecified atom stereocenters. The van der Waals surface area contributed by atoms with E-state index in [4.69, 9.17) is 21.7 Å². The molecule has 3 aromatic rings. The molecule has 0 atom stereocenters. The maximum atomic E-state index is 12.0. The molecule has 0 aliphatic rings. The normalized spacial score (nSPS) is 11.3. The van der Waals surface area contributed by atoms with Gasteiger partial charge < -0.3 is 16.6 Å². The van der Waals surface area contributed by atoms with E-state index in [9.17, 15) is 18.0 Å². The van der Waals surface area contributed by atoms with Crippen molar-refractivity contribution in [1.29, 1.82) is 0 Å². The second kappa shape index (κ2) is 7.62. The number of sulfonamides is 1. The SMILES string of the molecule is Cc1cc(C(=O)O)ccc1-c1cc(C(N)=O)c(N)c(-c2ccc(S(N)(=O)=O)cc2)c1. The van der Waals surface area contributed by atoms with Gasteiger partial charge in [-0.25, -0.2) is 18.4 Å². The van der Waals surface area contributed by atoms with Crippen LogP contribution in [0.4, 0.5) is 5.69 Å². The number of nitrogens with two attached hydrogens (primary N) is 3. The quantitative estimate of drug-likeness (QED) is 0.458. The van der Waals surface area contributed by atoms with Crippen LogP contribution in [-0.4, -0.2) is 25.4 Å². The number of aromatic carboxylic acids is 1. The van der Waals surface area contributed by atoms with Crippen LogP contribution in [0.1, 0.15) is 26.3 Å². The number of hydrogen-bond acceptors (Lipinski definition) is 5. The van der Waals surface area contributed by atoms with Crippen molar-refractivity contribution < 1.29 is 23.1 Å². The molecule has 8 nitrogen and oxygen atoms in total. The first-order valence-corrected chi connectivity index (χ1v) is 10.2. The summed E-state index contributed by atoms with van der Waals surface area (Å²) in [4.78, 5) is 23.1. The lowest BCUT2D eigenvalue weighted by molar-refractivity contribution is 0.0696. The van der Waals surface area contributed by atoms with Gasteiger partial charge in [0.25, 0.3) is 5.91 Å². The first-order chi connectivity index (χ1) is 14.0. The number of nitrogen functional groups attached to an aromatic ring is 1. The number of aryl methyl sites for hydroxylation is 1. The molecule has 0 aliphatic heterocycles. The molecule has 0 spiro atoms. The van der Waals surface area contributed by atoms with Crippen LogP contribution in [0, 0.1) is 6.92 Å². The molecule has 0 fully saturated rings. The Morgan fingerprint density at radius 1 is 0.900 bits per heavy atom. The zero-order valence-corrected chi connectivity index (χ0v) is 16.7. The maximum absolute atomic E-state index is 12.0. The molecule has 3 aromatic carbocycles. The van der Waals surface area contributed by atoms with Crippen molar-refractivity contribution in [2.45, 2.75) is 11.8 Å². The average Bonchev–Trinajstić information content (AvgIpc) is 2.67. The predicted molar refractivity (Wildman–Crippen MR) is 113 cm³/mol. The predicted octanol–water partition coefficient (Wildman–Crippen LogP) is 2.36. The number of primary amides is 1. The second-order valence-corrected chi connectivity index (χ2v) is 8.31. The summed E-state index contributed by atoms with van der Waals surface area (Å²) < 4.78 is 23.0. The number of carbonyl (C=O) groups excluding carboxylic acids is 1. The molecule has 3 rings (SSSR count). The molecule has 1 amide bonds. The van der Waals surface area contributed by atoms with Gasteiger partial charge in [0, 0.05) is 5.56 Å². The Bertz CT molecular complexity index is 1280. The molecular weight excluding hydrogens is 406 g/mol. The number of amides is 1. The van der Waals surface area contributed by atoms with Crippen molar-refractivity contribution in [1.82, 2.24) is 0 Å². The van der Waals surface area contributed by atoms with E-state index in [1.165, 1.54) is 36.4 Å². The van der Waals surface area contributed by atoms with Crippen LogP contribution in [0.25, 0.3) is 22.3 Å². The lowest BCUT2D eigenvalue weighted by atomic mass is 9.91. The number of primary sulfonamides is 1. The Kier molecular flexibility index (Phi) is 5.34. The molecule has 9 heteroatoms. The van der Waals surface area contributed by atoms with Crippen LogP contribution in [-0.2, 0) is 10.0 Å². The van der Waals surface area contributed by atoms with Crippen LogP contribution in [0.5, 0.6) is 0 Å². The molecule has 0 bridgehead atoms. The zero-order valence-electron chi connectivity index (χ0n) is 15.9. The van der Waals surface area contributed by atoms with Crippen LogP contribution >= 0.6 is 0 Å². The van der Waals surface area contributed by atoms with Gasteiger partial charge in [-0.15, -0.1) is 0 Å². The second-order valence-electron chi connectivity index (χ2n) is 6.75. The number of carboxylic acid groups (broad SMARTS) is 1. The van der Waals surface area contributed by atoms with E-state index < -0.39 is 21.9 Å². The first-order valence-electron chi connectivity index (χ1n) is 8.70. The third-order valence-electron chi connectivity index (χ3n) is 4.72. The summed E-state index contributed by atoms with van der Waals surface area (Å²) >= 11 is 0. The fourth-order valence-corrected chi connectivity index (χ4v) is 3.71. The number of rotatable bonds is 5. The number of benzene rings is 3. The third kappa shape index (κ3) is 4.02. The van der Waals surface area contributed by atoms with Gasteiger partial charge in [0.1, 0.15) is 0 Å². The lowest BCUT2D eigenvalue weighted by Gasteiger charge is -2.15. The molecule has 0 saturated carbocycles. The van der Waals surface area contributed by atoms with Crippen molar-refractivity contribution in [3.05, 3.63) is 71.3 Å². The van der Waals surface area contributed by atoms with Crippen molar-refractivity contribution in [2.75, 3.05) is 5.73 Å². The summed E-state index contributed by atoms with van der Waals surface area (Å²) in [6, 6.07) is 13.6. The van der Waals surface area contributed by atoms with Crippen LogP contribution in [0.2, 0.25) is 0 Å². The molecule has 0 aromatic heterocycles. The Morgan fingerprint density at radius 3 is 2.03 bits per heavy atom. The fraction of sp³-hybridized carbons (Fsp3) is 0.0476. The molecule has 0 radical (unpaired) electrons. The molecule has 0 saturated heterocycles. The lowest BCUT2D eigenvalue weighted by Crippen LogP contribution is -2.14. The molecule has 7 N–H and O–H groups in total. The Labute approximate surface area is 173 Å². The smallest absolute Gasteiger partial charge is 0.335 e. The molecule has 154 valence electrons. The Morgan fingerprint density at radius 2 is 1.53 bits per heavy atom. The minimum atomic E-state index is -3.85. The van der Waals surface area contributed by atoms with Crippen LogP contribution in [0.15, 0.2) is 59.5 Å². The monoisotopic (exact) mass is 425 g/mol. The van der Waals surface area contributed by atoms with Gasteiger partial charge in [0.2, 0.25) is 10.0 Å². The Balaban J connectivity index is 2.22. The minimum Gasteiger partial charge on any atom is -0.478 e. The van der Waals surface area contributed by atoms with Crippen molar-refractivity contribution in [3.63, 3.8) is 0 Å². The molecule has 0 heterocycles. The van der Waals surface area contributed by atoms with E-state index in [2.05, 4.69) is 0 Å².